The van der Waals surface area contributed by atoms with Crippen molar-refractivity contribution in [3.63, 3.8) is 0 Å². The smallest absolute Gasteiger partial charge is 0.306 e. The Morgan fingerprint density at radius 3 is 1.34 bits per heavy atom. The molecule has 2 rings (SSSR count). The summed E-state index contributed by atoms with van der Waals surface area (Å²) in [7, 11) is 0. The van der Waals surface area contributed by atoms with E-state index in [1.807, 2.05) is 0 Å². The van der Waals surface area contributed by atoms with Crippen LogP contribution in [0.1, 0.15) is 103 Å². The molecule has 0 amide bonds. The van der Waals surface area contributed by atoms with Gasteiger partial charge in [-0.15, -0.1) is 0 Å². The molecule has 8 nitrogen and oxygen atoms in total. The van der Waals surface area contributed by atoms with Crippen LogP contribution in [0.3, 0.4) is 0 Å². The van der Waals surface area contributed by atoms with Gasteiger partial charge in [-0.1, -0.05) is 51.4 Å². The lowest BCUT2D eigenvalue weighted by Gasteiger charge is -2.20. The van der Waals surface area contributed by atoms with Crippen molar-refractivity contribution in [1.29, 1.82) is 0 Å². The predicted octanol–water partition coefficient (Wildman–Crippen LogP) is 4.35. The van der Waals surface area contributed by atoms with Gasteiger partial charge >= 0.3 is 11.9 Å². The molecule has 2 unspecified atom stereocenters. The molecule has 2 aliphatic rings. The lowest BCUT2D eigenvalue weighted by Crippen LogP contribution is -2.21. The van der Waals surface area contributed by atoms with Crippen LogP contribution in [0.25, 0.3) is 0 Å². The topological polar surface area (TPSA) is 105 Å². The fourth-order valence-corrected chi connectivity index (χ4v) is 5.50. The Labute approximate surface area is 196 Å². The molecule has 0 N–H and O–H groups in total. The Morgan fingerprint density at radius 1 is 0.594 bits per heavy atom. The first kappa shape index (κ1) is 27.4. The number of hydrogen-bond donors (Lipinski definition) is 0. The second-order valence-electron chi connectivity index (χ2n) is 8.50. The molecule has 10 heteroatoms. The highest BCUT2D eigenvalue weighted by molar-refractivity contribution is 7.80. The highest BCUT2D eigenvalue weighted by Crippen LogP contribution is 2.22. The van der Waals surface area contributed by atoms with Gasteiger partial charge in [0.1, 0.15) is 0 Å². The molecule has 0 aliphatic heterocycles. The van der Waals surface area contributed by atoms with Crippen molar-refractivity contribution in [2.45, 2.75) is 115 Å². The molecule has 2 aliphatic carbocycles. The minimum Gasteiger partial charge on any atom is -0.449 e. The van der Waals surface area contributed by atoms with E-state index in [9.17, 15) is 18.0 Å². The number of unbranched alkanes of at least 4 members (excludes halogenated alkanes) is 3. The van der Waals surface area contributed by atoms with Gasteiger partial charge in [0.15, 0.2) is 34.0 Å². The van der Waals surface area contributed by atoms with Crippen LogP contribution in [0.5, 0.6) is 0 Å². The average molecular weight is 495 g/mol. The van der Waals surface area contributed by atoms with E-state index in [0.29, 0.717) is 12.8 Å². The van der Waals surface area contributed by atoms with E-state index in [1.54, 1.807) is 0 Å². The first-order valence-corrected chi connectivity index (χ1v) is 14.4. The summed E-state index contributed by atoms with van der Waals surface area (Å²) in [5, 5.41) is 0. The highest BCUT2D eigenvalue weighted by Gasteiger charge is 2.19. The van der Waals surface area contributed by atoms with Crippen LogP contribution in [0.4, 0.5) is 0 Å². The largest absolute Gasteiger partial charge is 0.449 e. The Hall–Kier alpha value is -0.840. The van der Waals surface area contributed by atoms with Crippen molar-refractivity contribution in [2.75, 3.05) is 11.9 Å². The molecule has 0 saturated heterocycles. The molecular formula is C22H38O8S2. The standard InChI is InChI=1S/C22H38O8S2/c23-21(27-17-31(25)29-19-11-5-3-6-12-19)15-9-1-2-10-16-22(24)28-18-32(26)30-20-13-7-4-8-14-20/h19-20H,1-18H2. The highest BCUT2D eigenvalue weighted by atomic mass is 32.2. The lowest BCUT2D eigenvalue weighted by molar-refractivity contribution is -0.143. The maximum Gasteiger partial charge on any atom is 0.306 e. The molecule has 0 aromatic carbocycles. The number of ether oxygens (including phenoxy) is 2. The van der Waals surface area contributed by atoms with Crippen molar-refractivity contribution in [1.82, 2.24) is 0 Å². The predicted molar refractivity (Wildman–Crippen MR) is 122 cm³/mol. The zero-order chi connectivity index (χ0) is 23.0. The summed E-state index contributed by atoms with van der Waals surface area (Å²) in [6.07, 6.45) is 13.8. The molecule has 2 saturated carbocycles. The Balaban J connectivity index is 1.39. The van der Waals surface area contributed by atoms with Crippen LogP contribution in [-0.2, 0) is 49.6 Å². The van der Waals surface area contributed by atoms with E-state index in [2.05, 4.69) is 0 Å². The van der Waals surface area contributed by atoms with E-state index in [1.165, 1.54) is 12.8 Å². The number of esters is 2. The third kappa shape index (κ3) is 13.0. The molecule has 0 aromatic rings. The molecule has 0 spiro atoms. The van der Waals surface area contributed by atoms with E-state index in [-0.39, 0.29) is 48.9 Å². The van der Waals surface area contributed by atoms with Gasteiger partial charge in [0.25, 0.3) is 0 Å². The van der Waals surface area contributed by atoms with Gasteiger partial charge in [-0.25, -0.2) is 8.42 Å². The number of hydrogen-bond acceptors (Lipinski definition) is 8. The number of carbonyl (C=O) groups excluding carboxylic acids is 2. The first-order chi connectivity index (χ1) is 15.5. The van der Waals surface area contributed by atoms with Gasteiger partial charge in [-0.3, -0.25) is 18.0 Å². The summed E-state index contributed by atoms with van der Waals surface area (Å²) in [6, 6.07) is 0. The van der Waals surface area contributed by atoms with Crippen molar-refractivity contribution < 1.29 is 35.8 Å². The SMILES string of the molecule is O=C(CCCCCCC(=O)OCS(=O)OC1CCCCC1)OCS(=O)OC1CCCCC1. The normalized spacial score (nSPS) is 19.9. The van der Waals surface area contributed by atoms with E-state index in [0.717, 1.165) is 64.2 Å². The number of rotatable bonds is 15. The van der Waals surface area contributed by atoms with E-state index >= 15 is 0 Å². The third-order valence-electron chi connectivity index (χ3n) is 5.74. The minimum absolute atomic E-state index is 0.0133. The van der Waals surface area contributed by atoms with Crippen molar-refractivity contribution in [3.05, 3.63) is 0 Å². The summed E-state index contributed by atoms with van der Waals surface area (Å²) in [5.74, 6) is -1.20. The van der Waals surface area contributed by atoms with Crippen LogP contribution in [0, 0.1) is 0 Å². The summed E-state index contributed by atoms with van der Waals surface area (Å²) < 4.78 is 44.5. The zero-order valence-corrected chi connectivity index (χ0v) is 20.6. The fourth-order valence-electron chi connectivity index (χ4n) is 3.95. The molecule has 2 fully saturated rings. The van der Waals surface area contributed by atoms with E-state index in [4.69, 9.17) is 17.8 Å². The second kappa shape index (κ2) is 16.7. The maximum absolute atomic E-state index is 11.8. The first-order valence-electron chi connectivity index (χ1n) is 11.9. The molecule has 32 heavy (non-hydrogen) atoms. The van der Waals surface area contributed by atoms with Crippen LogP contribution in [-0.4, -0.2) is 44.4 Å². The van der Waals surface area contributed by atoms with Crippen molar-refractivity contribution in [3.8, 4) is 0 Å². The molecule has 0 aromatic heterocycles. The Kier molecular flexibility index (Phi) is 14.3. The van der Waals surface area contributed by atoms with Gasteiger partial charge in [-0.2, -0.15) is 0 Å². The summed E-state index contributed by atoms with van der Waals surface area (Å²) >= 11 is -3.17. The second-order valence-corrected chi connectivity index (χ2v) is 10.6. The lowest BCUT2D eigenvalue weighted by atomic mass is 9.98. The van der Waals surface area contributed by atoms with Crippen LogP contribution >= 0.6 is 0 Å². The Bertz CT molecular complexity index is 549. The quantitative estimate of drug-likeness (QED) is 0.244. The Morgan fingerprint density at radius 2 is 0.969 bits per heavy atom. The van der Waals surface area contributed by atoms with Crippen LogP contribution < -0.4 is 0 Å². The van der Waals surface area contributed by atoms with Crippen LogP contribution in [0.15, 0.2) is 0 Å². The van der Waals surface area contributed by atoms with Crippen molar-refractivity contribution in [2.24, 2.45) is 0 Å². The van der Waals surface area contributed by atoms with Gasteiger partial charge in [0.05, 0.1) is 12.2 Å². The number of carbonyl (C=O) groups is 2. The third-order valence-corrected chi connectivity index (χ3v) is 7.33. The fraction of sp³-hybridized carbons (Fsp3) is 0.909. The average Bonchev–Trinajstić information content (AvgIpc) is 2.80. The zero-order valence-electron chi connectivity index (χ0n) is 19.0. The maximum atomic E-state index is 11.8. The molecule has 0 radical (unpaired) electrons. The van der Waals surface area contributed by atoms with Gasteiger partial charge in [0, 0.05) is 12.8 Å². The molecule has 0 bridgehead atoms. The van der Waals surface area contributed by atoms with Crippen molar-refractivity contribution >= 4 is 34.1 Å². The monoisotopic (exact) mass is 494 g/mol. The van der Waals surface area contributed by atoms with E-state index < -0.39 is 22.2 Å². The van der Waals surface area contributed by atoms with Crippen LogP contribution in [0.2, 0.25) is 0 Å². The minimum atomic E-state index is -1.59. The van der Waals surface area contributed by atoms with Gasteiger partial charge in [-0.05, 0) is 38.5 Å². The summed E-state index contributed by atoms with van der Waals surface area (Å²) in [4.78, 5) is 23.5. The molecule has 0 heterocycles. The molecule has 2 atom stereocenters. The summed E-state index contributed by atoms with van der Waals surface area (Å²) in [5.41, 5.74) is 0. The van der Waals surface area contributed by atoms with Gasteiger partial charge in [0.2, 0.25) is 0 Å². The van der Waals surface area contributed by atoms with Gasteiger partial charge < -0.3 is 9.47 Å². The summed E-state index contributed by atoms with van der Waals surface area (Å²) in [6.45, 7) is 0. The molecule has 186 valence electrons. The molecular weight excluding hydrogens is 456 g/mol.